The highest BCUT2D eigenvalue weighted by molar-refractivity contribution is 5.80. The van der Waals surface area contributed by atoms with Crippen LogP contribution in [0.25, 0.3) is 0 Å². The van der Waals surface area contributed by atoms with Gasteiger partial charge in [-0.25, -0.2) is 4.79 Å². The van der Waals surface area contributed by atoms with Crippen molar-refractivity contribution in [3.63, 3.8) is 0 Å². The highest BCUT2D eigenvalue weighted by atomic mass is 16.4. The van der Waals surface area contributed by atoms with E-state index in [-0.39, 0.29) is 12.6 Å². The molecular weight excluding hydrogens is 246 g/mol. The van der Waals surface area contributed by atoms with Gasteiger partial charge in [-0.1, -0.05) is 0 Å². The molecule has 0 bridgehead atoms. The Hall–Kier alpha value is -1.30. The Labute approximate surface area is 114 Å². The molecule has 19 heavy (non-hydrogen) atoms. The molecule has 2 rings (SSSR count). The van der Waals surface area contributed by atoms with Crippen LogP contribution >= 0.6 is 0 Å². The average Bonchev–Trinajstić information content (AvgIpc) is 3.15. The molecule has 0 unspecified atom stereocenters. The number of nitrogens with zero attached hydrogens (tertiary/aromatic N) is 3. The molecule has 1 heterocycles. The van der Waals surface area contributed by atoms with Gasteiger partial charge in [-0.15, -0.1) is 0 Å². The third kappa shape index (κ3) is 4.38. The second-order valence-electron chi connectivity index (χ2n) is 5.64. The minimum atomic E-state index is -0.930. The lowest BCUT2D eigenvalue weighted by Gasteiger charge is -2.29. The Morgan fingerprint density at radius 1 is 1.21 bits per heavy atom. The van der Waals surface area contributed by atoms with Crippen molar-refractivity contribution < 1.29 is 14.7 Å². The van der Waals surface area contributed by atoms with Crippen LogP contribution in [-0.4, -0.2) is 78.1 Å². The summed E-state index contributed by atoms with van der Waals surface area (Å²) in [5.41, 5.74) is 0. The number of rotatable bonds is 4. The molecule has 1 aliphatic carbocycles. The molecule has 0 radical (unpaired) electrons. The normalized spacial score (nSPS) is 21.0. The second-order valence-corrected chi connectivity index (χ2v) is 5.64. The zero-order valence-electron chi connectivity index (χ0n) is 11.5. The fraction of sp³-hybridized carbons (Fsp3) is 0.846. The van der Waals surface area contributed by atoms with Crippen LogP contribution in [0.1, 0.15) is 19.3 Å². The van der Waals surface area contributed by atoms with Gasteiger partial charge in [0.25, 0.3) is 0 Å². The SMILES string of the molecule is CN1CCCN(C(=O)N(CC(=O)O)CC2CC2)CC1. The number of carbonyl (C=O) groups excluding carboxylic acids is 1. The summed E-state index contributed by atoms with van der Waals surface area (Å²) >= 11 is 0. The molecule has 0 aromatic heterocycles. The summed E-state index contributed by atoms with van der Waals surface area (Å²) in [6, 6.07) is -0.107. The van der Waals surface area contributed by atoms with Crippen LogP contribution in [0.4, 0.5) is 4.79 Å². The monoisotopic (exact) mass is 269 g/mol. The predicted molar refractivity (Wildman–Crippen MR) is 71.0 cm³/mol. The summed E-state index contributed by atoms with van der Waals surface area (Å²) in [5.74, 6) is -0.418. The van der Waals surface area contributed by atoms with Gasteiger partial charge in [0.05, 0.1) is 0 Å². The van der Waals surface area contributed by atoms with E-state index in [1.807, 2.05) is 7.05 Å². The summed E-state index contributed by atoms with van der Waals surface area (Å²) in [7, 11) is 2.05. The lowest BCUT2D eigenvalue weighted by atomic mass is 10.3. The maximum absolute atomic E-state index is 12.4. The Morgan fingerprint density at radius 2 is 1.95 bits per heavy atom. The molecule has 1 N–H and O–H groups in total. The van der Waals surface area contributed by atoms with Crippen LogP contribution in [0, 0.1) is 5.92 Å². The summed E-state index contributed by atoms with van der Waals surface area (Å²) in [6.07, 6.45) is 3.19. The third-order valence-electron chi connectivity index (χ3n) is 3.76. The standard InChI is InChI=1S/C13H23N3O3/c1-14-5-2-6-15(8-7-14)13(19)16(10-12(17)18)9-11-3-4-11/h11H,2-10H2,1H3,(H,17,18). The van der Waals surface area contributed by atoms with E-state index in [2.05, 4.69) is 4.90 Å². The molecule has 0 aromatic carbocycles. The topological polar surface area (TPSA) is 64.1 Å². The predicted octanol–water partition coefficient (Wildman–Crippen LogP) is 0.540. The molecule has 1 saturated heterocycles. The van der Waals surface area contributed by atoms with Gasteiger partial charge in [0, 0.05) is 26.2 Å². The lowest BCUT2D eigenvalue weighted by Crippen LogP contribution is -2.47. The number of carboxylic acids is 1. The summed E-state index contributed by atoms with van der Waals surface area (Å²) < 4.78 is 0. The van der Waals surface area contributed by atoms with Crippen molar-refractivity contribution in [1.29, 1.82) is 0 Å². The molecule has 2 amide bonds. The Bertz CT molecular complexity index is 344. The van der Waals surface area contributed by atoms with Crippen molar-refractivity contribution in [1.82, 2.24) is 14.7 Å². The first-order chi connectivity index (χ1) is 9.06. The molecular formula is C13H23N3O3. The van der Waals surface area contributed by atoms with Gasteiger partial charge in [-0.05, 0) is 38.8 Å². The number of urea groups is 1. The maximum atomic E-state index is 12.4. The van der Waals surface area contributed by atoms with Crippen molar-refractivity contribution in [3.8, 4) is 0 Å². The summed E-state index contributed by atoms with van der Waals surface area (Å²) in [5, 5.41) is 8.94. The second kappa shape index (κ2) is 6.23. The molecule has 1 aliphatic heterocycles. The average molecular weight is 269 g/mol. The quantitative estimate of drug-likeness (QED) is 0.809. The number of carbonyl (C=O) groups is 2. The van der Waals surface area contributed by atoms with E-state index in [9.17, 15) is 9.59 Å². The van der Waals surface area contributed by atoms with Gasteiger partial charge >= 0.3 is 12.0 Å². The molecule has 6 heteroatoms. The number of carboxylic acid groups (broad SMARTS) is 1. The van der Waals surface area contributed by atoms with E-state index in [0.717, 1.165) is 38.9 Å². The van der Waals surface area contributed by atoms with Crippen molar-refractivity contribution >= 4 is 12.0 Å². The number of aliphatic carboxylic acids is 1. The molecule has 0 aromatic rings. The van der Waals surface area contributed by atoms with Gasteiger partial charge in [0.2, 0.25) is 0 Å². The lowest BCUT2D eigenvalue weighted by molar-refractivity contribution is -0.137. The number of likely N-dealkylation sites (N-methyl/N-ethyl adjacent to an activating group) is 1. The van der Waals surface area contributed by atoms with Gasteiger partial charge in [0.15, 0.2) is 0 Å². The summed E-state index contributed by atoms with van der Waals surface area (Å²) in [4.78, 5) is 28.8. The Balaban J connectivity index is 1.94. The first kappa shape index (κ1) is 14.1. The summed E-state index contributed by atoms with van der Waals surface area (Å²) in [6.45, 7) is 3.68. The van der Waals surface area contributed by atoms with E-state index in [4.69, 9.17) is 5.11 Å². The Kier molecular flexibility index (Phi) is 4.63. The van der Waals surface area contributed by atoms with Crippen molar-refractivity contribution in [3.05, 3.63) is 0 Å². The largest absolute Gasteiger partial charge is 0.480 e. The zero-order valence-corrected chi connectivity index (χ0v) is 11.5. The zero-order chi connectivity index (χ0) is 13.8. The van der Waals surface area contributed by atoms with Crippen LogP contribution in [0.3, 0.4) is 0 Å². The van der Waals surface area contributed by atoms with E-state index < -0.39 is 5.97 Å². The molecule has 0 atom stereocenters. The van der Waals surface area contributed by atoms with Gasteiger partial charge in [-0.3, -0.25) is 4.79 Å². The fourth-order valence-corrected chi connectivity index (χ4v) is 2.42. The highest BCUT2D eigenvalue weighted by Crippen LogP contribution is 2.30. The Morgan fingerprint density at radius 3 is 2.58 bits per heavy atom. The van der Waals surface area contributed by atoms with Gasteiger partial charge in [-0.2, -0.15) is 0 Å². The van der Waals surface area contributed by atoms with E-state index >= 15 is 0 Å². The first-order valence-electron chi connectivity index (χ1n) is 7.00. The number of amides is 2. The van der Waals surface area contributed by atoms with E-state index in [0.29, 0.717) is 19.0 Å². The maximum Gasteiger partial charge on any atom is 0.323 e. The van der Waals surface area contributed by atoms with Crippen LogP contribution in [0.15, 0.2) is 0 Å². The minimum Gasteiger partial charge on any atom is -0.480 e. The fourth-order valence-electron chi connectivity index (χ4n) is 2.42. The van der Waals surface area contributed by atoms with Gasteiger partial charge in [0.1, 0.15) is 6.54 Å². The minimum absolute atomic E-state index is 0.107. The van der Waals surface area contributed by atoms with Crippen LogP contribution in [0.5, 0.6) is 0 Å². The van der Waals surface area contributed by atoms with E-state index in [1.54, 1.807) is 4.90 Å². The van der Waals surface area contributed by atoms with Crippen molar-refractivity contribution in [2.45, 2.75) is 19.3 Å². The van der Waals surface area contributed by atoms with Gasteiger partial charge < -0.3 is 19.8 Å². The van der Waals surface area contributed by atoms with Crippen molar-refractivity contribution in [2.24, 2.45) is 5.92 Å². The van der Waals surface area contributed by atoms with Crippen LogP contribution < -0.4 is 0 Å². The molecule has 0 spiro atoms. The number of hydrogen-bond acceptors (Lipinski definition) is 3. The number of hydrogen-bond donors (Lipinski definition) is 1. The van der Waals surface area contributed by atoms with E-state index in [1.165, 1.54) is 4.90 Å². The van der Waals surface area contributed by atoms with Crippen LogP contribution in [0.2, 0.25) is 0 Å². The molecule has 2 fully saturated rings. The molecule has 108 valence electrons. The molecule has 6 nitrogen and oxygen atoms in total. The first-order valence-corrected chi connectivity index (χ1v) is 7.00. The smallest absolute Gasteiger partial charge is 0.323 e. The molecule has 1 saturated carbocycles. The van der Waals surface area contributed by atoms with Crippen molar-refractivity contribution in [2.75, 3.05) is 46.3 Å². The van der Waals surface area contributed by atoms with Crippen LogP contribution in [-0.2, 0) is 4.79 Å². The molecule has 2 aliphatic rings. The third-order valence-corrected chi connectivity index (χ3v) is 3.76. The highest BCUT2D eigenvalue weighted by Gasteiger charge is 2.30.